The fraction of sp³-hybridized carbons (Fsp3) is 0.263. The van der Waals surface area contributed by atoms with Crippen LogP contribution in [0.25, 0.3) is 0 Å². The van der Waals surface area contributed by atoms with Crippen LogP contribution in [0.2, 0.25) is 0 Å². The van der Waals surface area contributed by atoms with Crippen molar-refractivity contribution in [3.8, 4) is 0 Å². The van der Waals surface area contributed by atoms with Crippen molar-refractivity contribution in [2.75, 3.05) is 13.1 Å². The van der Waals surface area contributed by atoms with E-state index in [9.17, 15) is 0 Å². The number of allylic oxidation sites excluding steroid dienone is 1. The highest BCUT2D eigenvalue weighted by Gasteiger charge is 2.29. The highest BCUT2D eigenvalue weighted by molar-refractivity contribution is 5.34. The van der Waals surface area contributed by atoms with E-state index in [-0.39, 0.29) is 0 Å². The first-order valence-electron chi connectivity index (χ1n) is 7.40. The second kappa shape index (κ2) is 6.06. The van der Waals surface area contributed by atoms with Crippen LogP contribution >= 0.6 is 0 Å². The van der Waals surface area contributed by atoms with Crippen LogP contribution < -0.4 is 0 Å². The van der Waals surface area contributed by atoms with Crippen molar-refractivity contribution >= 4 is 0 Å². The summed E-state index contributed by atoms with van der Waals surface area (Å²) >= 11 is 0. The lowest BCUT2D eigenvalue weighted by Crippen LogP contribution is -2.43. The van der Waals surface area contributed by atoms with Gasteiger partial charge in [0.05, 0.1) is 6.04 Å². The minimum Gasteiger partial charge on any atom is -0.284 e. The van der Waals surface area contributed by atoms with Crippen LogP contribution in [0, 0.1) is 0 Å². The first-order chi connectivity index (χ1) is 9.88. The van der Waals surface area contributed by atoms with Crippen molar-refractivity contribution in [1.29, 1.82) is 0 Å². The lowest BCUT2D eigenvalue weighted by atomic mass is 9.93. The van der Waals surface area contributed by atoms with Gasteiger partial charge in [-0.25, -0.2) is 0 Å². The summed E-state index contributed by atoms with van der Waals surface area (Å²) in [5, 5.41) is 0. The lowest BCUT2D eigenvalue weighted by molar-refractivity contribution is 0.201. The van der Waals surface area contributed by atoms with E-state index in [0.717, 1.165) is 19.5 Å². The average molecular weight is 263 g/mol. The molecule has 0 N–H and O–H groups in total. The Morgan fingerprint density at radius 3 is 1.85 bits per heavy atom. The zero-order chi connectivity index (χ0) is 13.8. The fourth-order valence-corrected chi connectivity index (χ4v) is 2.96. The van der Waals surface area contributed by atoms with Gasteiger partial charge in [-0.05, 0) is 23.1 Å². The van der Waals surface area contributed by atoms with Crippen molar-refractivity contribution in [2.24, 2.45) is 0 Å². The van der Waals surface area contributed by atoms with Crippen molar-refractivity contribution < 1.29 is 0 Å². The molecular weight excluding hydrogens is 242 g/mol. The van der Waals surface area contributed by atoms with Crippen LogP contribution in [0.1, 0.15) is 30.5 Å². The van der Waals surface area contributed by atoms with E-state index >= 15 is 0 Å². The number of rotatable bonds is 4. The Morgan fingerprint density at radius 2 is 1.40 bits per heavy atom. The van der Waals surface area contributed by atoms with Crippen LogP contribution in [0.15, 0.2) is 72.3 Å². The van der Waals surface area contributed by atoms with Gasteiger partial charge in [-0.2, -0.15) is 0 Å². The molecule has 3 rings (SSSR count). The van der Waals surface area contributed by atoms with Crippen LogP contribution in [-0.2, 0) is 0 Å². The van der Waals surface area contributed by atoms with Crippen LogP contribution in [0.3, 0.4) is 0 Å². The van der Waals surface area contributed by atoms with Gasteiger partial charge in [0.1, 0.15) is 0 Å². The van der Waals surface area contributed by atoms with E-state index in [4.69, 9.17) is 0 Å². The summed E-state index contributed by atoms with van der Waals surface area (Å²) < 4.78 is 0. The molecule has 0 radical (unpaired) electrons. The van der Waals surface area contributed by atoms with Gasteiger partial charge in [0.25, 0.3) is 0 Å². The first kappa shape index (κ1) is 13.1. The molecular formula is C19H21N. The van der Waals surface area contributed by atoms with Crippen LogP contribution in [0.4, 0.5) is 0 Å². The molecule has 1 heterocycles. The van der Waals surface area contributed by atoms with Crippen molar-refractivity contribution in [3.63, 3.8) is 0 Å². The zero-order valence-electron chi connectivity index (χ0n) is 12.0. The summed E-state index contributed by atoms with van der Waals surface area (Å²) in [7, 11) is 0. The van der Waals surface area contributed by atoms with Gasteiger partial charge in [0.15, 0.2) is 0 Å². The molecule has 1 heteroatoms. The molecule has 0 aliphatic carbocycles. The van der Waals surface area contributed by atoms with Gasteiger partial charge in [-0.1, -0.05) is 73.7 Å². The Labute approximate surface area is 121 Å². The molecule has 0 atom stereocenters. The summed E-state index contributed by atoms with van der Waals surface area (Å²) in [4.78, 5) is 2.55. The van der Waals surface area contributed by atoms with Crippen molar-refractivity contribution in [3.05, 3.63) is 83.4 Å². The highest BCUT2D eigenvalue weighted by atomic mass is 15.2. The molecule has 1 aliphatic heterocycles. The summed E-state index contributed by atoms with van der Waals surface area (Å²) in [5.41, 5.74) is 4.34. The van der Waals surface area contributed by atoms with Gasteiger partial charge >= 0.3 is 0 Å². The third kappa shape index (κ3) is 2.68. The topological polar surface area (TPSA) is 3.24 Å². The standard InChI is InChI=1S/C19H21N/c1-2-9-16-14-20(15-16)19(17-10-5-3-6-11-17)18-12-7-4-8-13-18/h3-13,19H,2,14-15H2,1H3. The maximum absolute atomic E-state index is 2.55. The second-order valence-corrected chi connectivity index (χ2v) is 5.40. The largest absolute Gasteiger partial charge is 0.284 e. The summed E-state index contributed by atoms with van der Waals surface area (Å²) in [6.45, 7) is 4.41. The van der Waals surface area contributed by atoms with E-state index in [1.807, 2.05) is 0 Å². The maximum atomic E-state index is 2.55. The molecule has 1 fully saturated rings. The molecule has 0 unspecified atom stereocenters. The molecule has 0 spiro atoms. The molecule has 2 aromatic carbocycles. The predicted molar refractivity (Wildman–Crippen MR) is 84.7 cm³/mol. The predicted octanol–water partition coefficient (Wildman–Crippen LogP) is 4.43. The molecule has 2 aromatic rings. The monoisotopic (exact) mass is 263 g/mol. The number of likely N-dealkylation sites (tertiary alicyclic amines) is 1. The minimum atomic E-state index is 0.381. The summed E-state index contributed by atoms with van der Waals surface area (Å²) in [6, 6.07) is 22.0. The third-order valence-corrected chi connectivity index (χ3v) is 3.90. The highest BCUT2D eigenvalue weighted by Crippen LogP contribution is 2.33. The van der Waals surface area contributed by atoms with Crippen molar-refractivity contribution in [1.82, 2.24) is 4.90 Å². The van der Waals surface area contributed by atoms with Gasteiger partial charge in [-0.15, -0.1) is 0 Å². The van der Waals surface area contributed by atoms with E-state index in [2.05, 4.69) is 78.6 Å². The summed E-state index contributed by atoms with van der Waals surface area (Å²) in [5.74, 6) is 0. The molecule has 0 saturated carbocycles. The molecule has 1 nitrogen and oxygen atoms in total. The molecule has 102 valence electrons. The summed E-state index contributed by atoms with van der Waals surface area (Å²) in [6.07, 6.45) is 3.51. The van der Waals surface area contributed by atoms with E-state index in [0.29, 0.717) is 6.04 Å². The Morgan fingerprint density at radius 1 is 0.900 bits per heavy atom. The van der Waals surface area contributed by atoms with E-state index in [1.165, 1.54) is 11.1 Å². The Balaban J connectivity index is 1.88. The molecule has 1 saturated heterocycles. The number of hydrogen-bond donors (Lipinski definition) is 0. The van der Waals surface area contributed by atoms with Gasteiger partial charge in [0, 0.05) is 13.1 Å². The molecule has 0 bridgehead atoms. The maximum Gasteiger partial charge on any atom is 0.0607 e. The Hall–Kier alpha value is -1.86. The minimum absolute atomic E-state index is 0.381. The molecule has 0 amide bonds. The Kier molecular flexibility index (Phi) is 3.98. The van der Waals surface area contributed by atoms with Gasteiger partial charge in [-0.3, -0.25) is 4.90 Å². The first-order valence-corrected chi connectivity index (χ1v) is 7.40. The van der Waals surface area contributed by atoms with E-state index in [1.54, 1.807) is 5.57 Å². The molecule has 0 aromatic heterocycles. The average Bonchev–Trinajstić information content (AvgIpc) is 2.47. The number of hydrogen-bond acceptors (Lipinski definition) is 1. The van der Waals surface area contributed by atoms with Crippen LogP contribution in [-0.4, -0.2) is 18.0 Å². The fourth-order valence-electron chi connectivity index (χ4n) is 2.96. The number of nitrogens with zero attached hydrogens (tertiary/aromatic N) is 1. The SMILES string of the molecule is CCC=C1CN(C(c2ccccc2)c2ccccc2)C1. The lowest BCUT2D eigenvalue weighted by Gasteiger charge is -2.41. The zero-order valence-corrected chi connectivity index (χ0v) is 12.0. The quantitative estimate of drug-likeness (QED) is 0.738. The molecule has 20 heavy (non-hydrogen) atoms. The third-order valence-electron chi connectivity index (χ3n) is 3.90. The number of benzene rings is 2. The van der Waals surface area contributed by atoms with Crippen molar-refractivity contribution in [2.45, 2.75) is 19.4 Å². The van der Waals surface area contributed by atoms with Gasteiger partial charge < -0.3 is 0 Å². The van der Waals surface area contributed by atoms with Gasteiger partial charge in [0.2, 0.25) is 0 Å². The Bertz CT molecular complexity index is 524. The normalized spacial score (nSPS) is 15.2. The smallest absolute Gasteiger partial charge is 0.0607 e. The van der Waals surface area contributed by atoms with E-state index < -0.39 is 0 Å². The second-order valence-electron chi connectivity index (χ2n) is 5.40. The molecule has 1 aliphatic rings. The van der Waals surface area contributed by atoms with Crippen LogP contribution in [0.5, 0.6) is 0 Å².